The second-order valence-electron chi connectivity index (χ2n) is 2.47. The Morgan fingerprint density at radius 1 is 1.54 bits per heavy atom. The van der Waals surface area contributed by atoms with E-state index in [4.69, 9.17) is 0 Å². The monoisotopic (exact) mass is 260 g/mol. The number of hydrogen-bond acceptors (Lipinski definition) is 3. The van der Waals surface area contributed by atoms with E-state index in [9.17, 15) is 4.79 Å². The van der Waals surface area contributed by atoms with Crippen LogP contribution in [0.3, 0.4) is 0 Å². The molecular formula is C8H9BrN2OS. The van der Waals surface area contributed by atoms with Gasteiger partial charge in [-0.1, -0.05) is 0 Å². The second-order valence-corrected chi connectivity index (χ2v) is 4.93. The van der Waals surface area contributed by atoms with Gasteiger partial charge in [0.1, 0.15) is 0 Å². The normalized spacial score (nSPS) is 11.5. The number of halogens is 1. The predicted molar refractivity (Wildman–Crippen MR) is 58.0 cm³/mol. The third-order valence-electron chi connectivity index (χ3n) is 1.31. The molecule has 3 nitrogen and oxygen atoms in total. The number of rotatable bonds is 2. The zero-order chi connectivity index (χ0) is 9.84. The van der Waals surface area contributed by atoms with E-state index in [1.165, 1.54) is 6.92 Å². The summed E-state index contributed by atoms with van der Waals surface area (Å²) >= 11 is 4.94. The van der Waals surface area contributed by atoms with Crippen molar-refractivity contribution in [2.45, 2.75) is 13.8 Å². The maximum Gasteiger partial charge on any atom is 0.236 e. The van der Waals surface area contributed by atoms with Crippen molar-refractivity contribution in [1.29, 1.82) is 0 Å². The van der Waals surface area contributed by atoms with Crippen LogP contribution in [0.25, 0.3) is 0 Å². The first-order valence-corrected chi connectivity index (χ1v) is 5.27. The molecule has 0 radical (unpaired) electrons. The molecule has 0 aromatic carbocycles. The fourth-order valence-electron chi connectivity index (χ4n) is 0.726. The summed E-state index contributed by atoms with van der Waals surface area (Å²) in [5, 5.41) is 3.91. The van der Waals surface area contributed by atoms with Gasteiger partial charge in [-0.25, -0.2) is 5.43 Å². The molecular weight excluding hydrogens is 252 g/mol. The van der Waals surface area contributed by atoms with Gasteiger partial charge in [-0.3, -0.25) is 4.79 Å². The van der Waals surface area contributed by atoms with Crippen LogP contribution in [0, 0.1) is 0 Å². The lowest BCUT2D eigenvalue weighted by Gasteiger charge is -1.95. The number of hydrazone groups is 1. The van der Waals surface area contributed by atoms with Crippen molar-refractivity contribution in [1.82, 2.24) is 5.43 Å². The lowest BCUT2D eigenvalue weighted by Crippen LogP contribution is -2.14. The van der Waals surface area contributed by atoms with E-state index in [0.29, 0.717) is 0 Å². The quantitative estimate of drug-likeness (QED) is 0.644. The highest BCUT2D eigenvalue weighted by Gasteiger charge is 2.00. The van der Waals surface area contributed by atoms with Gasteiger partial charge in [0.15, 0.2) is 0 Å². The minimum atomic E-state index is -0.157. The van der Waals surface area contributed by atoms with E-state index < -0.39 is 0 Å². The number of nitrogens with one attached hydrogen (secondary N) is 1. The molecule has 1 amide bonds. The highest BCUT2D eigenvalue weighted by Crippen LogP contribution is 2.22. The Kier molecular flexibility index (Phi) is 3.62. The smallest absolute Gasteiger partial charge is 0.236 e. The van der Waals surface area contributed by atoms with Crippen molar-refractivity contribution >= 4 is 38.9 Å². The van der Waals surface area contributed by atoms with Gasteiger partial charge in [0.2, 0.25) is 5.91 Å². The van der Waals surface area contributed by atoms with Gasteiger partial charge in [0, 0.05) is 6.92 Å². The Hall–Kier alpha value is -0.680. The third-order valence-corrected chi connectivity index (χ3v) is 3.04. The molecule has 1 aromatic rings. The molecule has 0 saturated heterocycles. The van der Waals surface area contributed by atoms with Gasteiger partial charge >= 0.3 is 0 Å². The summed E-state index contributed by atoms with van der Waals surface area (Å²) in [6.07, 6.45) is 0. The molecule has 1 N–H and O–H groups in total. The molecule has 1 heterocycles. The van der Waals surface area contributed by atoms with Crippen LogP contribution in [0.1, 0.15) is 18.7 Å². The Balaban J connectivity index is 2.72. The standard InChI is InChI=1S/C8H9BrN2OS/c1-5(10-11-6(2)12)7-3-4-8(9)13-7/h3-4H,1-2H3,(H,11,12)/b10-5+. The average Bonchev–Trinajstić information content (AvgIpc) is 2.47. The van der Waals surface area contributed by atoms with E-state index in [1.807, 2.05) is 19.1 Å². The highest BCUT2D eigenvalue weighted by molar-refractivity contribution is 9.11. The second kappa shape index (κ2) is 4.53. The van der Waals surface area contributed by atoms with E-state index in [0.717, 1.165) is 14.4 Å². The predicted octanol–water partition coefficient (Wildman–Crippen LogP) is 2.37. The lowest BCUT2D eigenvalue weighted by molar-refractivity contribution is -0.118. The van der Waals surface area contributed by atoms with Crippen LogP contribution in [-0.2, 0) is 4.79 Å². The topological polar surface area (TPSA) is 41.5 Å². The van der Waals surface area contributed by atoms with Crippen LogP contribution in [0.2, 0.25) is 0 Å². The van der Waals surface area contributed by atoms with E-state index >= 15 is 0 Å². The first kappa shape index (κ1) is 10.4. The summed E-state index contributed by atoms with van der Waals surface area (Å²) in [5.41, 5.74) is 3.20. The molecule has 5 heteroatoms. The van der Waals surface area contributed by atoms with Crippen molar-refractivity contribution in [2.75, 3.05) is 0 Å². The van der Waals surface area contributed by atoms with E-state index in [1.54, 1.807) is 11.3 Å². The van der Waals surface area contributed by atoms with Crippen LogP contribution in [0.15, 0.2) is 21.0 Å². The summed E-state index contributed by atoms with van der Waals surface area (Å²) in [4.78, 5) is 11.6. The number of hydrogen-bond donors (Lipinski definition) is 1. The number of carbonyl (C=O) groups is 1. The molecule has 0 spiro atoms. The van der Waals surface area contributed by atoms with Gasteiger partial charge in [-0.2, -0.15) is 5.10 Å². The number of carbonyl (C=O) groups excluding carboxylic acids is 1. The fraction of sp³-hybridized carbons (Fsp3) is 0.250. The molecule has 0 bridgehead atoms. The average molecular weight is 261 g/mol. The summed E-state index contributed by atoms with van der Waals surface area (Å²) in [6.45, 7) is 3.29. The molecule has 70 valence electrons. The minimum absolute atomic E-state index is 0.157. The minimum Gasteiger partial charge on any atom is -0.274 e. The zero-order valence-corrected chi connectivity index (χ0v) is 9.70. The molecule has 0 atom stereocenters. The van der Waals surface area contributed by atoms with Gasteiger partial charge in [0.05, 0.1) is 14.4 Å². The van der Waals surface area contributed by atoms with Crippen LogP contribution in [0.4, 0.5) is 0 Å². The van der Waals surface area contributed by atoms with Gasteiger partial charge in [-0.15, -0.1) is 11.3 Å². The fourth-order valence-corrected chi connectivity index (χ4v) is 2.06. The summed E-state index contributed by atoms with van der Waals surface area (Å²) in [6, 6.07) is 3.90. The molecule has 0 fully saturated rings. The van der Waals surface area contributed by atoms with Crippen molar-refractivity contribution in [3.8, 4) is 0 Å². The zero-order valence-electron chi connectivity index (χ0n) is 7.30. The van der Waals surface area contributed by atoms with Crippen molar-refractivity contribution < 1.29 is 4.79 Å². The maximum atomic E-state index is 10.6. The van der Waals surface area contributed by atoms with Crippen LogP contribution in [-0.4, -0.2) is 11.6 Å². The first-order valence-electron chi connectivity index (χ1n) is 3.66. The molecule has 1 aromatic heterocycles. The third kappa shape index (κ3) is 3.28. The summed E-state index contributed by atoms with van der Waals surface area (Å²) in [7, 11) is 0. The number of nitrogens with zero attached hydrogens (tertiary/aromatic N) is 1. The highest BCUT2D eigenvalue weighted by atomic mass is 79.9. The van der Waals surface area contributed by atoms with Gasteiger partial charge in [0.25, 0.3) is 0 Å². The van der Waals surface area contributed by atoms with Crippen LogP contribution >= 0.6 is 27.3 Å². The molecule has 0 saturated carbocycles. The largest absolute Gasteiger partial charge is 0.274 e. The van der Waals surface area contributed by atoms with E-state index in [2.05, 4.69) is 26.5 Å². The molecule has 1 rings (SSSR count). The molecule has 13 heavy (non-hydrogen) atoms. The SMILES string of the molecule is CC(=O)N/N=C(\C)c1ccc(Br)s1. The van der Waals surface area contributed by atoms with Crippen molar-refractivity contribution in [3.63, 3.8) is 0 Å². The number of thiophene rings is 1. The maximum absolute atomic E-state index is 10.6. The van der Waals surface area contributed by atoms with Gasteiger partial charge in [-0.05, 0) is 35.0 Å². The van der Waals surface area contributed by atoms with Crippen LogP contribution in [0.5, 0.6) is 0 Å². The lowest BCUT2D eigenvalue weighted by atomic mass is 10.3. The Bertz CT molecular complexity index is 346. The summed E-state index contributed by atoms with van der Waals surface area (Å²) in [5.74, 6) is -0.157. The molecule has 0 aliphatic rings. The Morgan fingerprint density at radius 3 is 2.69 bits per heavy atom. The van der Waals surface area contributed by atoms with Crippen molar-refractivity contribution in [3.05, 3.63) is 20.8 Å². The Labute approximate surface area is 89.0 Å². The molecule has 0 unspecified atom stereocenters. The first-order chi connectivity index (χ1) is 6.09. The number of amides is 1. The summed E-state index contributed by atoms with van der Waals surface area (Å²) < 4.78 is 1.06. The molecule has 0 aliphatic carbocycles. The molecule has 0 aliphatic heterocycles. The Morgan fingerprint density at radius 2 is 2.23 bits per heavy atom. The van der Waals surface area contributed by atoms with E-state index in [-0.39, 0.29) is 5.91 Å². The van der Waals surface area contributed by atoms with Crippen LogP contribution < -0.4 is 5.43 Å². The van der Waals surface area contributed by atoms with Gasteiger partial charge < -0.3 is 0 Å². The van der Waals surface area contributed by atoms with Crippen molar-refractivity contribution in [2.24, 2.45) is 5.10 Å².